The lowest BCUT2D eigenvalue weighted by molar-refractivity contribution is -0.117. The molecule has 0 aliphatic carbocycles. The van der Waals surface area contributed by atoms with Crippen molar-refractivity contribution in [2.45, 2.75) is 20.4 Å². The Bertz CT molecular complexity index is 713. The second-order valence-electron chi connectivity index (χ2n) is 6.40. The average molecular weight is 360 g/mol. The molecule has 0 aliphatic rings. The van der Waals surface area contributed by atoms with Gasteiger partial charge >= 0.3 is 0 Å². The zero-order valence-electron chi connectivity index (χ0n) is 15.3. The Morgan fingerprint density at radius 2 is 1.80 bits per heavy atom. The van der Waals surface area contributed by atoms with E-state index in [9.17, 15) is 4.79 Å². The minimum absolute atomic E-state index is 0.0579. The largest absolute Gasteiger partial charge is 0.378 e. The van der Waals surface area contributed by atoms with E-state index < -0.39 is 0 Å². The summed E-state index contributed by atoms with van der Waals surface area (Å²) in [5.41, 5.74) is 4.08. The van der Waals surface area contributed by atoms with Crippen LogP contribution in [0, 0.1) is 6.92 Å². The molecule has 0 saturated heterocycles. The maximum atomic E-state index is 12.3. The van der Waals surface area contributed by atoms with Crippen LogP contribution in [0.25, 0.3) is 0 Å². The van der Waals surface area contributed by atoms with Gasteiger partial charge in [-0.1, -0.05) is 36.7 Å². The fourth-order valence-electron chi connectivity index (χ4n) is 2.55. The van der Waals surface area contributed by atoms with Gasteiger partial charge in [0, 0.05) is 26.3 Å². The summed E-state index contributed by atoms with van der Waals surface area (Å²) in [7, 11) is 4.04. The number of hydrogen-bond donors (Lipinski definition) is 1. The van der Waals surface area contributed by atoms with Gasteiger partial charge in [0.25, 0.3) is 0 Å². The molecular weight excluding hydrogens is 334 g/mol. The summed E-state index contributed by atoms with van der Waals surface area (Å²) < 4.78 is 0. The van der Waals surface area contributed by atoms with Gasteiger partial charge in [-0.05, 0) is 48.9 Å². The monoisotopic (exact) mass is 359 g/mol. The number of rotatable bonds is 7. The van der Waals surface area contributed by atoms with Crippen LogP contribution in [0.15, 0.2) is 42.5 Å². The van der Waals surface area contributed by atoms with Crippen LogP contribution in [-0.4, -0.2) is 38.0 Å². The van der Waals surface area contributed by atoms with Gasteiger partial charge in [-0.2, -0.15) is 0 Å². The molecule has 134 valence electrons. The number of aryl methyl sites for hydroxylation is 1. The fraction of sp³-hybridized carbons (Fsp3) is 0.350. The summed E-state index contributed by atoms with van der Waals surface area (Å²) >= 11 is 6.18. The third kappa shape index (κ3) is 5.76. The van der Waals surface area contributed by atoms with Gasteiger partial charge in [-0.15, -0.1) is 0 Å². The van der Waals surface area contributed by atoms with Crippen molar-refractivity contribution in [1.29, 1.82) is 0 Å². The second-order valence-corrected chi connectivity index (χ2v) is 6.80. The van der Waals surface area contributed by atoms with E-state index in [2.05, 4.69) is 46.3 Å². The highest BCUT2D eigenvalue weighted by Gasteiger charge is 2.11. The molecule has 2 rings (SSSR count). The molecule has 0 saturated carbocycles. The lowest BCUT2D eigenvalue weighted by Crippen LogP contribution is -2.32. The van der Waals surface area contributed by atoms with Crippen LogP contribution in [-0.2, 0) is 11.3 Å². The van der Waals surface area contributed by atoms with Crippen LogP contribution in [0.1, 0.15) is 18.1 Å². The third-order valence-corrected chi connectivity index (χ3v) is 4.38. The van der Waals surface area contributed by atoms with Crippen molar-refractivity contribution in [2.24, 2.45) is 0 Å². The molecule has 2 aromatic rings. The topological polar surface area (TPSA) is 35.6 Å². The van der Waals surface area contributed by atoms with Gasteiger partial charge in [-0.3, -0.25) is 9.69 Å². The molecule has 0 aliphatic heterocycles. The average Bonchev–Trinajstić information content (AvgIpc) is 2.57. The highest BCUT2D eigenvalue weighted by Crippen LogP contribution is 2.22. The van der Waals surface area contributed by atoms with Gasteiger partial charge in [0.15, 0.2) is 0 Å². The third-order valence-electron chi connectivity index (χ3n) is 4.07. The zero-order chi connectivity index (χ0) is 18.4. The molecule has 0 fully saturated rings. The second kappa shape index (κ2) is 8.88. The molecule has 0 atom stereocenters. The summed E-state index contributed by atoms with van der Waals surface area (Å²) in [6.45, 7) is 5.89. The molecule has 0 spiro atoms. The molecule has 0 unspecified atom stereocenters. The van der Waals surface area contributed by atoms with Crippen LogP contribution < -0.4 is 10.2 Å². The van der Waals surface area contributed by atoms with Crippen molar-refractivity contribution in [3.8, 4) is 0 Å². The number of carbonyl (C=O) groups excluding carboxylic acids is 1. The van der Waals surface area contributed by atoms with E-state index >= 15 is 0 Å². The van der Waals surface area contributed by atoms with E-state index in [0.717, 1.165) is 18.7 Å². The zero-order valence-corrected chi connectivity index (χ0v) is 16.1. The Morgan fingerprint density at radius 1 is 1.12 bits per heavy atom. The maximum Gasteiger partial charge on any atom is 0.238 e. The summed E-state index contributed by atoms with van der Waals surface area (Å²) in [4.78, 5) is 16.5. The Kier molecular flexibility index (Phi) is 6.85. The molecule has 0 bridgehead atoms. The highest BCUT2D eigenvalue weighted by atomic mass is 35.5. The van der Waals surface area contributed by atoms with Crippen LogP contribution >= 0.6 is 11.6 Å². The van der Waals surface area contributed by atoms with Gasteiger partial charge in [0.2, 0.25) is 5.91 Å². The summed E-state index contributed by atoms with van der Waals surface area (Å²) in [6, 6.07) is 14.0. The van der Waals surface area contributed by atoms with Crippen LogP contribution in [0.3, 0.4) is 0 Å². The van der Waals surface area contributed by atoms with Crippen LogP contribution in [0.4, 0.5) is 11.4 Å². The predicted octanol–water partition coefficient (Wildman–Crippen LogP) is 4.18. The van der Waals surface area contributed by atoms with Gasteiger partial charge in [0.05, 0.1) is 17.3 Å². The summed E-state index contributed by atoms with van der Waals surface area (Å²) in [6.07, 6.45) is 0. The maximum absolute atomic E-state index is 12.3. The number of hydrogen-bond acceptors (Lipinski definition) is 3. The Morgan fingerprint density at radius 3 is 2.36 bits per heavy atom. The van der Waals surface area contributed by atoms with Gasteiger partial charge < -0.3 is 10.2 Å². The molecule has 2 aromatic carbocycles. The number of amides is 1. The first kappa shape index (κ1) is 19.3. The molecule has 0 heterocycles. The normalized spacial score (nSPS) is 10.8. The highest BCUT2D eigenvalue weighted by molar-refractivity contribution is 6.33. The molecule has 1 amide bonds. The fourth-order valence-corrected chi connectivity index (χ4v) is 2.83. The number of carbonyl (C=O) groups is 1. The van der Waals surface area contributed by atoms with E-state index in [0.29, 0.717) is 17.3 Å². The van der Waals surface area contributed by atoms with E-state index in [1.807, 2.05) is 39.2 Å². The minimum atomic E-state index is -0.0579. The Labute approximate surface area is 155 Å². The molecular formula is C20H26ClN3O. The van der Waals surface area contributed by atoms with Gasteiger partial charge in [-0.25, -0.2) is 0 Å². The first-order chi connectivity index (χ1) is 11.9. The van der Waals surface area contributed by atoms with E-state index in [1.165, 1.54) is 11.3 Å². The first-order valence-electron chi connectivity index (χ1n) is 8.43. The quantitative estimate of drug-likeness (QED) is 0.805. The smallest absolute Gasteiger partial charge is 0.238 e. The number of anilines is 2. The number of nitrogens with zero attached hydrogens (tertiary/aromatic N) is 2. The number of halogens is 1. The number of benzene rings is 2. The molecule has 1 N–H and O–H groups in total. The first-order valence-corrected chi connectivity index (χ1v) is 8.81. The standard InChI is InChI=1S/C20H26ClN3O/c1-5-24(13-16-7-9-17(10-8-16)23(3)4)14-20(25)22-19-11-6-15(2)12-18(19)21/h6-12H,5,13-14H2,1-4H3,(H,22,25). The minimum Gasteiger partial charge on any atom is -0.378 e. The van der Waals surface area contributed by atoms with Crippen molar-refractivity contribution < 1.29 is 4.79 Å². The van der Waals surface area contributed by atoms with Crippen molar-refractivity contribution >= 4 is 28.9 Å². The van der Waals surface area contributed by atoms with E-state index in [-0.39, 0.29) is 5.91 Å². The molecule has 0 radical (unpaired) electrons. The Hall–Kier alpha value is -2.04. The summed E-state index contributed by atoms with van der Waals surface area (Å²) in [5, 5.41) is 3.46. The lowest BCUT2D eigenvalue weighted by atomic mass is 10.2. The molecule has 0 aromatic heterocycles. The van der Waals surface area contributed by atoms with Crippen LogP contribution in [0.5, 0.6) is 0 Å². The number of nitrogens with one attached hydrogen (secondary N) is 1. The van der Waals surface area contributed by atoms with E-state index in [1.54, 1.807) is 0 Å². The van der Waals surface area contributed by atoms with E-state index in [4.69, 9.17) is 11.6 Å². The molecule has 4 nitrogen and oxygen atoms in total. The van der Waals surface area contributed by atoms with Crippen molar-refractivity contribution in [3.05, 3.63) is 58.6 Å². The van der Waals surface area contributed by atoms with Crippen LogP contribution in [0.2, 0.25) is 5.02 Å². The predicted molar refractivity (Wildman–Crippen MR) is 107 cm³/mol. The SMILES string of the molecule is CCN(CC(=O)Nc1ccc(C)cc1Cl)Cc1ccc(N(C)C)cc1. The summed E-state index contributed by atoms with van der Waals surface area (Å²) in [5.74, 6) is -0.0579. The van der Waals surface area contributed by atoms with Crippen molar-refractivity contribution in [2.75, 3.05) is 37.4 Å². The van der Waals surface area contributed by atoms with Crippen molar-refractivity contribution in [1.82, 2.24) is 4.90 Å². The molecule has 5 heteroatoms. The molecule has 25 heavy (non-hydrogen) atoms. The lowest BCUT2D eigenvalue weighted by Gasteiger charge is -2.21. The van der Waals surface area contributed by atoms with Crippen molar-refractivity contribution in [3.63, 3.8) is 0 Å². The number of likely N-dealkylation sites (N-methyl/N-ethyl adjacent to an activating group) is 1. The van der Waals surface area contributed by atoms with Gasteiger partial charge in [0.1, 0.15) is 0 Å². The Balaban J connectivity index is 1.95.